The molecule has 0 heterocycles. The van der Waals surface area contributed by atoms with Crippen molar-refractivity contribution in [1.29, 1.82) is 0 Å². The summed E-state index contributed by atoms with van der Waals surface area (Å²) in [5.74, 6) is 0.551. The van der Waals surface area contributed by atoms with Crippen LogP contribution < -0.4 is 11.1 Å². The number of rotatable bonds is 5. The first kappa shape index (κ1) is 13.9. The lowest BCUT2D eigenvalue weighted by Gasteiger charge is -2.13. The predicted molar refractivity (Wildman–Crippen MR) is 74.0 cm³/mol. The molecule has 0 aliphatic carbocycles. The zero-order valence-electron chi connectivity index (χ0n) is 10.6. The number of nitrogens with one attached hydrogen (secondary N) is 1. The summed E-state index contributed by atoms with van der Waals surface area (Å²) in [5.41, 5.74) is 6.42. The van der Waals surface area contributed by atoms with Crippen molar-refractivity contribution in [3.05, 3.63) is 24.3 Å². The maximum atomic E-state index is 11.8. The van der Waals surface area contributed by atoms with Crippen LogP contribution in [0.25, 0.3) is 0 Å². The molecule has 0 spiro atoms. The molecular formula is C13H20N2OS. The van der Waals surface area contributed by atoms with Gasteiger partial charge in [-0.2, -0.15) is 0 Å². The van der Waals surface area contributed by atoms with Gasteiger partial charge in [0.15, 0.2) is 0 Å². The van der Waals surface area contributed by atoms with E-state index in [1.807, 2.05) is 31.2 Å². The molecule has 1 unspecified atom stereocenters. The highest BCUT2D eigenvalue weighted by molar-refractivity contribution is 8.00. The minimum absolute atomic E-state index is 0.0751. The van der Waals surface area contributed by atoms with Gasteiger partial charge in [-0.3, -0.25) is 4.79 Å². The zero-order valence-corrected chi connectivity index (χ0v) is 11.4. The van der Waals surface area contributed by atoms with Gasteiger partial charge in [-0.15, -0.1) is 11.8 Å². The first-order valence-electron chi connectivity index (χ1n) is 5.79. The van der Waals surface area contributed by atoms with Crippen molar-refractivity contribution < 1.29 is 4.79 Å². The highest BCUT2D eigenvalue weighted by Gasteiger charge is 2.14. The van der Waals surface area contributed by atoms with Crippen LogP contribution in [0.4, 0.5) is 5.69 Å². The number of benzene rings is 1. The SMILES string of the molecule is CC(C)CNC(=O)C(C)Sc1cccc(N)c1. The van der Waals surface area contributed by atoms with E-state index in [0.29, 0.717) is 5.92 Å². The largest absolute Gasteiger partial charge is 0.399 e. The fourth-order valence-corrected chi connectivity index (χ4v) is 2.25. The van der Waals surface area contributed by atoms with Crippen LogP contribution in [0.15, 0.2) is 29.2 Å². The van der Waals surface area contributed by atoms with Gasteiger partial charge in [-0.25, -0.2) is 0 Å². The third-order valence-corrected chi connectivity index (χ3v) is 3.32. The van der Waals surface area contributed by atoms with E-state index < -0.39 is 0 Å². The molecule has 94 valence electrons. The fraction of sp³-hybridized carbons (Fsp3) is 0.462. The average molecular weight is 252 g/mol. The van der Waals surface area contributed by atoms with Crippen LogP contribution in [0.5, 0.6) is 0 Å². The Hall–Kier alpha value is -1.16. The van der Waals surface area contributed by atoms with E-state index in [0.717, 1.165) is 17.1 Å². The van der Waals surface area contributed by atoms with Gasteiger partial charge in [0.2, 0.25) is 5.91 Å². The molecular weight excluding hydrogens is 232 g/mol. The third kappa shape index (κ3) is 5.13. The molecule has 0 aliphatic heterocycles. The van der Waals surface area contributed by atoms with Gasteiger partial charge >= 0.3 is 0 Å². The highest BCUT2D eigenvalue weighted by atomic mass is 32.2. The van der Waals surface area contributed by atoms with E-state index in [2.05, 4.69) is 19.2 Å². The lowest BCUT2D eigenvalue weighted by molar-refractivity contribution is -0.120. The molecule has 3 N–H and O–H groups in total. The Bertz CT molecular complexity index is 379. The van der Waals surface area contributed by atoms with Crippen molar-refractivity contribution in [2.75, 3.05) is 12.3 Å². The van der Waals surface area contributed by atoms with Crippen molar-refractivity contribution in [3.8, 4) is 0 Å². The van der Waals surface area contributed by atoms with Gasteiger partial charge < -0.3 is 11.1 Å². The summed E-state index contributed by atoms with van der Waals surface area (Å²) in [6, 6.07) is 7.59. The van der Waals surface area contributed by atoms with Crippen LogP contribution in [-0.2, 0) is 4.79 Å². The topological polar surface area (TPSA) is 55.1 Å². The molecule has 4 heteroatoms. The fourth-order valence-electron chi connectivity index (χ4n) is 1.29. The third-order valence-electron chi connectivity index (χ3n) is 2.22. The van der Waals surface area contributed by atoms with Crippen LogP contribution in [0.2, 0.25) is 0 Å². The maximum absolute atomic E-state index is 11.8. The number of nitrogens with two attached hydrogens (primary N) is 1. The molecule has 0 aliphatic rings. The molecule has 17 heavy (non-hydrogen) atoms. The van der Waals surface area contributed by atoms with Gasteiger partial charge in [0.25, 0.3) is 0 Å². The highest BCUT2D eigenvalue weighted by Crippen LogP contribution is 2.24. The first-order chi connectivity index (χ1) is 7.99. The molecule has 0 fully saturated rings. The molecule has 1 aromatic rings. The van der Waals surface area contributed by atoms with Crippen LogP contribution in [0.3, 0.4) is 0 Å². The molecule has 3 nitrogen and oxygen atoms in total. The van der Waals surface area contributed by atoms with Gasteiger partial charge in [0.05, 0.1) is 5.25 Å². The summed E-state index contributed by atoms with van der Waals surface area (Å²) in [6.45, 7) is 6.79. The van der Waals surface area contributed by atoms with E-state index in [1.54, 1.807) is 0 Å². The Morgan fingerprint density at radius 2 is 2.12 bits per heavy atom. The second-order valence-electron chi connectivity index (χ2n) is 4.47. The average Bonchev–Trinajstić information content (AvgIpc) is 2.25. The summed E-state index contributed by atoms with van der Waals surface area (Å²) in [4.78, 5) is 12.8. The molecule has 1 atom stereocenters. The minimum atomic E-state index is -0.101. The lowest BCUT2D eigenvalue weighted by atomic mass is 10.2. The number of amides is 1. The van der Waals surface area contributed by atoms with Gasteiger partial charge in [0, 0.05) is 17.1 Å². The summed E-state index contributed by atoms with van der Waals surface area (Å²) < 4.78 is 0. The molecule has 0 bridgehead atoms. The lowest BCUT2D eigenvalue weighted by Crippen LogP contribution is -2.33. The summed E-state index contributed by atoms with van der Waals surface area (Å²) in [5, 5.41) is 2.82. The Labute approximate surface area is 107 Å². The van der Waals surface area contributed by atoms with Crippen LogP contribution in [0.1, 0.15) is 20.8 Å². The molecule has 0 saturated heterocycles. The van der Waals surface area contributed by atoms with E-state index in [4.69, 9.17) is 5.73 Å². The Balaban J connectivity index is 2.48. The first-order valence-corrected chi connectivity index (χ1v) is 6.67. The van der Waals surface area contributed by atoms with E-state index in [-0.39, 0.29) is 11.2 Å². The van der Waals surface area contributed by atoms with Crippen molar-refractivity contribution in [2.24, 2.45) is 5.92 Å². The normalized spacial score (nSPS) is 12.5. The molecule has 0 saturated carbocycles. The summed E-state index contributed by atoms with van der Waals surface area (Å²) in [6.07, 6.45) is 0. The summed E-state index contributed by atoms with van der Waals surface area (Å²) >= 11 is 1.53. The second-order valence-corrected chi connectivity index (χ2v) is 5.89. The van der Waals surface area contributed by atoms with Crippen molar-refractivity contribution >= 4 is 23.4 Å². The second kappa shape index (κ2) is 6.55. The van der Waals surface area contributed by atoms with Gasteiger partial charge in [-0.1, -0.05) is 19.9 Å². The molecule has 1 rings (SSSR count). The van der Waals surface area contributed by atoms with Gasteiger partial charge in [-0.05, 0) is 31.0 Å². The number of carbonyl (C=O) groups is 1. The molecule has 1 amide bonds. The van der Waals surface area contributed by atoms with E-state index in [1.165, 1.54) is 11.8 Å². The number of carbonyl (C=O) groups excluding carboxylic acids is 1. The number of thioether (sulfide) groups is 1. The number of anilines is 1. The molecule has 1 aromatic carbocycles. The van der Waals surface area contributed by atoms with E-state index >= 15 is 0 Å². The van der Waals surface area contributed by atoms with Crippen LogP contribution >= 0.6 is 11.8 Å². The monoisotopic (exact) mass is 252 g/mol. The van der Waals surface area contributed by atoms with Crippen LogP contribution in [0, 0.1) is 5.92 Å². The number of hydrogen-bond donors (Lipinski definition) is 2. The molecule has 0 radical (unpaired) electrons. The Morgan fingerprint density at radius 3 is 2.71 bits per heavy atom. The maximum Gasteiger partial charge on any atom is 0.233 e. The Morgan fingerprint density at radius 1 is 1.41 bits per heavy atom. The molecule has 0 aromatic heterocycles. The quantitative estimate of drug-likeness (QED) is 0.625. The van der Waals surface area contributed by atoms with Crippen LogP contribution in [-0.4, -0.2) is 17.7 Å². The smallest absolute Gasteiger partial charge is 0.233 e. The summed E-state index contributed by atoms with van der Waals surface area (Å²) in [7, 11) is 0. The Kier molecular flexibility index (Phi) is 5.35. The van der Waals surface area contributed by atoms with Crippen molar-refractivity contribution in [3.63, 3.8) is 0 Å². The van der Waals surface area contributed by atoms with Gasteiger partial charge in [0.1, 0.15) is 0 Å². The van der Waals surface area contributed by atoms with Crippen molar-refractivity contribution in [2.45, 2.75) is 30.9 Å². The van der Waals surface area contributed by atoms with Crippen molar-refractivity contribution in [1.82, 2.24) is 5.32 Å². The predicted octanol–water partition coefficient (Wildman–Crippen LogP) is 2.52. The standard InChI is InChI=1S/C13H20N2OS/c1-9(2)8-15-13(16)10(3)17-12-6-4-5-11(14)7-12/h4-7,9-10H,8,14H2,1-3H3,(H,15,16). The number of hydrogen-bond acceptors (Lipinski definition) is 3. The number of nitrogen functional groups attached to an aromatic ring is 1. The van der Waals surface area contributed by atoms with E-state index in [9.17, 15) is 4.79 Å². The zero-order chi connectivity index (χ0) is 12.8. The minimum Gasteiger partial charge on any atom is -0.399 e.